The van der Waals surface area contributed by atoms with Crippen LogP contribution in [-0.2, 0) is 15.7 Å². The molecule has 1 aromatic rings. The Balaban J connectivity index is 2.25. The summed E-state index contributed by atoms with van der Waals surface area (Å²) in [6.07, 6.45) is -3.40. The second-order valence-corrected chi connectivity index (χ2v) is 4.24. The van der Waals surface area contributed by atoms with Crippen molar-refractivity contribution in [1.29, 1.82) is 0 Å². The van der Waals surface area contributed by atoms with Crippen LogP contribution in [0.1, 0.15) is 12.1 Å². The third-order valence-corrected chi connectivity index (χ3v) is 2.87. The van der Waals surface area contributed by atoms with Gasteiger partial charge in [0.2, 0.25) is 0 Å². The molecule has 1 aliphatic heterocycles. The van der Waals surface area contributed by atoms with E-state index in [2.05, 4.69) is 10.3 Å². The molecule has 104 valence electrons. The number of anilines is 1. The van der Waals surface area contributed by atoms with Crippen molar-refractivity contribution >= 4 is 11.7 Å². The number of carboxylic acids is 1. The molecule has 0 aliphatic carbocycles. The van der Waals surface area contributed by atoms with Crippen molar-refractivity contribution in [3.63, 3.8) is 0 Å². The van der Waals surface area contributed by atoms with E-state index in [1.165, 1.54) is 6.07 Å². The van der Waals surface area contributed by atoms with Crippen LogP contribution in [0, 0.1) is 0 Å². The highest BCUT2D eigenvalue weighted by Gasteiger charge is 2.43. The molecule has 1 aromatic heterocycles. The van der Waals surface area contributed by atoms with E-state index < -0.39 is 23.4 Å². The van der Waals surface area contributed by atoms with Gasteiger partial charge in [0.15, 0.2) is 5.54 Å². The Bertz CT molecular complexity index is 484. The molecule has 1 fully saturated rings. The summed E-state index contributed by atoms with van der Waals surface area (Å²) in [5.41, 5.74) is -2.41. The second kappa shape index (κ2) is 4.69. The van der Waals surface area contributed by atoms with Gasteiger partial charge in [-0.3, -0.25) is 4.98 Å². The zero-order chi connectivity index (χ0) is 14.1. The summed E-state index contributed by atoms with van der Waals surface area (Å²) in [6, 6.07) is 2.07. The summed E-state index contributed by atoms with van der Waals surface area (Å²) in [6.45, 7) is 0.155. The summed E-state index contributed by atoms with van der Waals surface area (Å²) >= 11 is 0. The lowest BCUT2D eigenvalue weighted by Crippen LogP contribution is -2.47. The van der Waals surface area contributed by atoms with Gasteiger partial charge in [-0.25, -0.2) is 4.79 Å². The van der Waals surface area contributed by atoms with E-state index in [1.54, 1.807) is 0 Å². The first-order valence-corrected chi connectivity index (χ1v) is 5.46. The number of alkyl halides is 3. The first-order chi connectivity index (χ1) is 8.83. The maximum atomic E-state index is 12.5. The van der Waals surface area contributed by atoms with Crippen molar-refractivity contribution in [3.05, 3.63) is 24.0 Å². The molecule has 0 aromatic carbocycles. The molecule has 2 rings (SSSR count). The number of hydrogen-bond acceptors (Lipinski definition) is 4. The third-order valence-electron chi connectivity index (χ3n) is 2.87. The first kappa shape index (κ1) is 13.6. The van der Waals surface area contributed by atoms with Gasteiger partial charge in [0.05, 0.1) is 6.61 Å². The number of rotatable bonds is 3. The number of nitrogens with zero attached hydrogens (tertiary/aromatic N) is 1. The van der Waals surface area contributed by atoms with Crippen molar-refractivity contribution in [2.24, 2.45) is 0 Å². The maximum Gasteiger partial charge on any atom is 0.433 e. The molecule has 19 heavy (non-hydrogen) atoms. The monoisotopic (exact) mass is 276 g/mol. The topological polar surface area (TPSA) is 71.5 Å². The van der Waals surface area contributed by atoms with E-state index in [4.69, 9.17) is 4.74 Å². The van der Waals surface area contributed by atoms with E-state index in [-0.39, 0.29) is 25.3 Å². The zero-order valence-electron chi connectivity index (χ0n) is 9.70. The van der Waals surface area contributed by atoms with E-state index in [1.807, 2.05) is 0 Å². The molecular formula is C11H11F3N2O3. The van der Waals surface area contributed by atoms with Crippen molar-refractivity contribution in [3.8, 4) is 0 Å². The number of carbonyl (C=O) groups is 1. The molecule has 8 heteroatoms. The summed E-state index contributed by atoms with van der Waals surface area (Å²) in [4.78, 5) is 14.4. The van der Waals surface area contributed by atoms with E-state index in [0.29, 0.717) is 0 Å². The number of carboxylic acid groups (broad SMARTS) is 1. The molecule has 5 nitrogen and oxygen atoms in total. The summed E-state index contributed by atoms with van der Waals surface area (Å²) in [5, 5.41) is 11.8. The fourth-order valence-corrected chi connectivity index (χ4v) is 1.83. The van der Waals surface area contributed by atoms with Crippen LogP contribution in [-0.4, -0.2) is 34.8 Å². The van der Waals surface area contributed by atoms with Crippen LogP contribution in [0.15, 0.2) is 18.3 Å². The standard InChI is InChI=1S/C11H11F3N2O3/c12-11(13,14)8-5-7(1-3-15-8)16-10(9(17)18)2-4-19-6-10/h1,3,5H,2,4,6H2,(H,15,16)(H,17,18). The van der Waals surface area contributed by atoms with Crippen LogP contribution in [0.5, 0.6) is 0 Å². The Morgan fingerprint density at radius 1 is 1.53 bits per heavy atom. The lowest BCUT2D eigenvalue weighted by atomic mass is 9.98. The molecule has 1 saturated heterocycles. The Labute approximate surface area is 106 Å². The quantitative estimate of drug-likeness (QED) is 0.880. The second-order valence-electron chi connectivity index (χ2n) is 4.24. The lowest BCUT2D eigenvalue weighted by Gasteiger charge is -2.25. The van der Waals surface area contributed by atoms with Crippen molar-refractivity contribution < 1.29 is 27.8 Å². The zero-order valence-corrected chi connectivity index (χ0v) is 9.70. The highest BCUT2D eigenvalue weighted by molar-refractivity contribution is 5.83. The number of hydrogen-bond donors (Lipinski definition) is 2. The summed E-state index contributed by atoms with van der Waals surface area (Å²) < 4.78 is 42.5. The van der Waals surface area contributed by atoms with Crippen LogP contribution < -0.4 is 5.32 Å². The maximum absolute atomic E-state index is 12.5. The smallest absolute Gasteiger partial charge is 0.433 e. The number of aliphatic carboxylic acids is 1. The van der Waals surface area contributed by atoms with E-state index in [0.717, 1.165) is 12.3 Å². The lowest BCUT2D eigenvalue weighted by molar-refractivity contribution is -0.142. The van der Waals surface area contributed by atoms with Crippen LogP contribution >= 0.6 is 0 Å². The number of nitrogens with one attached hydrogen (secondary N) is 1. The highest BCUT2D eigenvalue weighted by atomic mass is 19.4. The Morgan fingerprint density at radius 3 is 2.79 bits per heavy atom. The van der Waals surface area contributed by atoms with Crippen molar-refractivity contribution in [2.45, 2.75) is 18.1 Å². The fraction of sp³-hybridized carbons (Fsp3) is 0.455. The number of aromatic nitrogens is 1. The third kappa shape index (κ3) is 2.78. The van der Waals surface area contributed by atoms with Gasteiger partial charge in [0.25, 0.3) is 0 Å². The first-order valence-electron chi connectivity index (χ1n) is 5.46. The molecule has 0 amide bonds. The van der Waals surface area contributed by atoms with Gasteiger partial charge in [-0.1, -0.05) is 0 Å². The Kier molecular flexibility index (Phi) is 3.36. The molecular weight excluding hydrogens is 265 g/mol. The number of pyridine rings is 1. The number of halogens is 3. The SMILES string of the molecule is O=C(O)C1(Nc2ccnc(C(F)(F)F)c2)CCOC1. The van der Waals surface area contributed by atoms with E-state index >= 15 is 0 Å². The minimum Gasteiger partial charge on any atom is -0.479 e. The largest absolute Gasteiger partial charge is 0.479 e. The molecule has 2 N–H and O–H groups in total. The molecule has 1 atom stereocenters. The van der Waals surface area contributed by atoms with Gasteiger partial charge in [0.1, 0.15) is 5.69 Å². The summed E-state index contributed by atoms with van der Waals surface area (Å²) in [5.74, 6) is -1.16. The van der Waals surface area contributed by atoms with E-state index in [9.17, 15) is 23.1 Å². The molecule has 1 aliphatic rings. The normalized spacial score (nSPS) is 23.3. The van der Waals surface area contributed by atoms with Crippen molar-refractivity contribution in [2.75, 3.05) is 18.5 Å². The Hall–Kier alpha value is -1.83. The predicted molar refractivity (Wildman–Crippen MR) is 58.7 cm³/mol. The molecule has 0 bridgehead atoms. The molecule has 0 saturated carbocycles. The van der Waals surface area contributed by atoms with Gasteiger partial charge in [-0.15, -0.1) is 0 Å². The minimum atomic E-state index is -4.57. The van der Waals surface area contributed by atoms with Gasteiger partial charge >= 0.3 is 12.1 Å². The van der Waals surface area contributed by atoms with Crippen LogP contribution in [0.2, 0.25) is 0 Å². The van der Waals surface area contributed by atoms with Gasteiger partial charge < -0.3 is 15.2 Å². The van der Waals surface area contributed by atoms with Crippen LogP contribution in [0.25, 0.3) is 0 Å². The average Bonchev–Trinajstić information content (AvgIpc) is 2.78. The van der Waals surface area contributed by atoms with Crippen LogP contribution in [0.3, 0.4) is 0 Å². The summed E-state index contributed by atoms with van der Waals surface area (Å²) in [7, 11) is 0. The predicted octanol–water partition coefficient (Wildman–Crippen LogP) is 1.76. The van der Waals surface area contributed by atoms with Crippen LogP contribution in [0.4, 0.5) is 18.9 Å². The molecule has 1 unspecified atom stereocenters. The van der Waals surface area contributed by atoms with Gasteiger partial charge in [0, 0.05) is 24.9 Å². The minimum absolute atomic E-state index is 0.0511. The number of ether oxygens (including phenoxy) is 1. The molecule has 2 heterocycles. The molecule has 0 spiro atoms. The van der Waals surface area contributed by atoms with Crippen molar-refractivity contribution in [1.82, 2.24) is 4.98 Å². The highest BCUT2D eigenvalue weighted by Crippen LogP contribution is 2.31. The average molecular weight is 276 g/mol. The van der Waals surface area contributed by atoms with Gasteiger partial charge in [-0.05, 0) is 12.1 Å². The van der Waals surface area contributed by atoms with Gasteiger partial charge in [-0.2, -0.15) is 13.2 Å². The fourth-order valence-electron chi connectivity index (χ4n) is 1.83. The Morgan fingerprint density at radius 2 is 2.26 bits per heavy atom. The molecule has 0 radical (unpaired) electrons.